The maximum absolute atomic E-state index is 14.5. The van der Waals surface area contributed by atoms with Gasteiger partial charge in [0.25, 0.3) is 0 Å². The summed E-state index contributed by atoms with van der Waals surface area (Å²) in [4.78, 5) is 9.45. The lowest BCUT2D eigenvalue weighted by atomic mass is 9.56. The number of anilines is 1. The van der Waals surface area contributed by atoms with Gasteiger partial charge in [-0.1, -0.05) is 6.07 Å². The average molecular weight is 351 g/mol. The van der Waals surface area contributed by atoms with Gasteiger partial charge in [0, 0.05) is 36.5 Å². The molecule has 0 N–H and O–H groups in total. The second-order valence-electron chi connectivity index (χ2n) is 7.11. The van der Waals surface area contributed by atoms with Crippen molar-refractivity contribution in [3.05, 3.63) is 54.1 Å². The molecule has 1 saturated heterocycles. The molecule has 2 aliphatic rings. The van der Waals surface area contributed by atoms with Crippen molar-refractivity contribution < 1.29 is 17.6 Å². The largest absolute Gasteiger partial charge is 0.433 e. The van der Waals surface area contributed by atoms with Gasteiger partial charge >= 0.3 is 6.18 Å². The average Bonchev–Trinajstić information content (AvgIpc) is 2.52. The van der Waals surface area contributed by atoms with Crippen LogP contribution in [0.4, 0.5) is 23.2 Å². The third kappa shape index (κ3) is 2.96. The van der Waals surface area contributed by atoms with E-state index in [1.54, 1.807) is 24.5 Å². The second-order valence-corrected chi connectivity index (χ2v) is 7.11. The molecule has 1 aliphatic heterocycles. The SMILES string of the molecule is FC(c1cccnc1)C1CC2(C1)CN(c1ccc(C(F)(F)F)nc1)C2. The standard InChI is InChI=1S/C18H17F4N3/c19-16(12-2-1-5-23-8-12)13-6-17(7-13)10-25(11-17)14-3-4-15(24-9-14)18(20,21)22/h1-5,8-9,13,16H,6-7,10-11H2. The van der Waals surface area contributed by atoms with E-state index >= 15 is 0 Å². The predicted molar refractivity (Wildman–Crippen MR) is 84.7 cm³/mol. The third-order valence-electron chi connectivity index (χ3n) is 5.26. The molecule has 1 aliphatic carbocycles. The molecule has 2 aromatic heterocycles. The summed E-state index contributed by atoms with van der Waals surface area (Å²) in [5.41, 5.74) is 0.517. The first-order valence-electron chi connectivity index (χ1n) is 8.19. The van der Waals surface area contributed by atoms with Crippen molar-refractivity contribution in [3.8, 4) is 0 Å². The van der Waals surface area contributed by atoms with Gasteiger partial charge in [0.15, 0.2) is 0 Å². The summed E-state index contributed by atoms with van der Waals surface area (Å²) in [7, 11) is 0. The molecule has 1 saturated carbocycles. The van der Waals surface area contributed by atoms with Gasteiger partial charge in [-0.3, -0.25) is 4.98 Å². The maximum Gasteiger partial charge on any atom is 0.433 e. The van der Waals surface area contributed by atoms with Crippen molar-refractivity contribution in [3.63, 3.8) is 0 Å². The third-order valence-corrected chi connectivity index (χ3v) is 5.26. The van der Waals surface area contributed by atoms with Gasteiger partial charge < -0.3 is 4.90 Å². The zero-order chi connectivity index (χ0) is 17.7. The minimum atomic E-state index is -4.42. The number of alkyl halides is 4. The number of pyridine rings is 2. The normalized spacial score (nSPS) is 20.9. The van der Waals surface area contributed by atoms with Crippen molar-refractivity contribution in [2.75, 3.05) is 18.0 Å². The molecule has 3 nitrogen and oxygen atoms in total. The summed E-state index contributed by atoms with van der Waals surface area (Å²) in [6.07, 6.45) is 0.636. The highest BCUT2D eigenvalue weighted by Crippen LogP contribution is 2.57. The van der Waals surface area contributed by atoms with E-state index in [0.29, 0.717) is 11.3 Å². The summed E-state index contributed by atoms with van der Waals surface area (Å²) in [5, 5.41) is 0. The van der Waals surface area contributed by atoms with Crippen LogP contribution in [-0.4, -0.2) is 23.1 Å². The highest BCUT2D eigenvalue weighted by Gasteiger charge is 2.54. The Hall–Kier alpha value is -2.18. The van der Waals surface area contributed by atoms with Crippen LogP contribution in [0.1, 0.15) is 30.3 Å². The fraction of sp³-hybridized carbons (Fsp3) is 0.444. The first-order chi connectivity index (χ1) is 11.9. The Balaban J connectivity index is 1.33. The highest BCUT2D eigenvalue weighted by atomic mass is 19.4. The van der Waals surface area contributed by atoms with E-state index in [1.165, 1.54) is 12.3 Å². The van der Waals surface area contributed by atoms with Crippen molar-refractivity contribution in [2.24, 2.45) is 11.3 Å². The van der Waals surface area contributed by atoms with Crippen molar-refractivity contribution >= 4 is 5.69 Å². The number of nitrogens with zero attached hydrogens (tertiary/aromatic N) is 3. The fourth-order valence-corrected chi connectivity index (χ4v) is 4.02. The Labute approximate surface area is 142 Å². The van der Waals surface area contributed by atoms with Gasteiger partial charge in [0.05, 0.1) is 11.9 Å². The lowest BCUT2D eigenvalue weighted by molar-refractivity contribution is -0.141. The summed E-state index contributed by atoms with van der Waals surface area (Å²) in [6, 6.07) is 5.94. The molecule has 1 unspecified atom stereocenters. The molecule has 25 heavy (non-hydrogen) atoms. The lowest BCUT2D eigenvalue weighted by Gasteiger charge is -2.60. The number of halogens is 4. The zero-order valence-electron chi connectivity index (χ0n) is 13.4. The molecule has 0 bridgehead atoms. The molecular weight excluding hydrogens is 334 g/mol. The molecule has 7 heteroatoms. The Morgan fingerprint density at radius 3 is 2.44 bits per heavy atom. The van der Waals surface area contributed by atoms with E-state index in [4.69, 9.17) is 0 Å². The molecule has 132 valence electrons. The lowest BCUT2D eigenvalue weighted by Crippen LogP contribution is -2.63. The smallest absolute Gasteiger partial charge is 0.369 e. The van der Waals surface area contributed by atoms with Gasteiger partial charge in [-0.15, -0.1) is 0 Å². The van der Waals surface area contributed by atoms with Gasteiger partial charge in [0.1, 0.15) is 11.9 Å². The van der Waals surface area contributed by atoms with Crippen LogP contribution in [-0.2, 0) is 6.18 Å². The molecule has 1 spiro atoms. The summed E-state index contributed by atoms with van der Waals surface area (Å²) >= 11 is 0. The minimum absolute atomic E-state index is 0.00270. The fourth-order valence-electron chi connectivity index (χ4n) is 4.02. The van der Waals surface area contributed by atoms with E-state index in [2.05, 4.69) is 9.97 Å². The van der Waals surface area contributed by atoms with Crippen molar-refractivity contribution in [1.82, 2.24) is 9.97 Å². The summed E-state index contributed by atoms with van der Waals surface area (Å²) in [6.45, 7) is 1.49. The first kappa shape index (κ1) is 16.3. The van der Waals surface area contributed by atoms with Crippen LogP contribution in [0.2, 0.25) is 0 Å². The van der Waals surface area contributed by atoms with E-state index in [0.717, 1.165) is 32.0 Å². The predicted octanol–water partition coefficient (Wildman–Crippen LogP) is 4.42. The summed E-state index contributed by atoms with van der Waals surface area (Å²) in [5.74, 6) is -0.00270. The Morgan fingerprint density at radius 2 is 1.88 bits per heavy atom. The molecule has 3 heterocycles. The Kier molecular flexibility index (Phi) is 3.70. The monoisotopic (exact) mass is 351 g/mol. The van der Waals surface area contributed by atoms with Crippen LogP contribution in [0.3, 0.4) is 0 Å². The van der Waals surface area contributed by atoms with E-state index in [1.807, 2.05) is 4.90 Å². The van der Waals surface area contributed by atoms with Crippen LogP contribution in [0, 0.1) is 11.3 Å². The van der Waals surface area contributed by atoms with Crippen molar-refractivity contribution in [2.45, 2.75) is 25.2 Å². The van der Waals surface area contributed by atoms with Crippen LogP contribution >= 0.6 is 0 Å². The summed E-state index contributed by atoms with van der Waals surface area (Å²) < 4.78 is 52.1. The van der Waals surface area contributed by atoms with Crippen LogP contribution < -0.4 is 4.90 Å². The molecule has 2 aromatic rings. The Bertz CT molecular complexity index is 731. The van der Waals surface area contributed by atoms with Crippen LogP contribution in [0.5, 0.6) is 0 Å². The minimum Gasteiger partial charge on any atom is -0.369 e. The van der Waals surface area contributed by atoms with Gasteiger partial charge in [-0.25, -0.2) is 9.37 Å². The molecule has 2 fully saturated rings. The number of rotatable bonds is 3. The van der Waals surface area contributed by atoms with Gasteiger partial charge in [-0.2, -0.15) is 13.2 Å². The molecule has 4 rings (SSSR count). The zero-order valence-corrected chi connectivity index (χ0v) is 13.4. The Morgan fingerprint density at radius 1 is 1.12 bits per heavy atom. The molecule has 1 atom stereocenters. The topological polar surface area (TPSA) is 29.0 Å². The number of aromatic nitrogens is 2. The highest BCUT2D eigenvalue weighted by molar-refractivity contribution is 5.49. The van der Waals surface area contributed by atoms with Gasteiger partial charge in [0.2, 0.25) is 0 Å². The van der Waals surface area contributed by atoms with E-state index in [-0.39, 0.29) is 11.3 Å². The second kappa shape index (κ2) is 5.68. The van der Waals surface area contributed by atoms with Gasteiger partial charge in [-0.05, 0) is 37.0 Å². The van der Waals surface area contributed by atoms with E-state index < -0.39 is 18.0 Å². The molecule has 0 radical (unpaired) electrons. The molecular formula is C18H17F4N3. The van der Waals surface area contributed by atoms with E-state index in [9.17, 15) is 17.6 Å². The van der Waals surface area contributed by atoms with Crippen molar-refractivity contribution in [1.29, 1.82) is 0 Å². The molecule has 0 aromatic carbocycles. The molecule has 0 amide bonds. The quantitative estimate of drug-likeness (QED) is 0.767. The number of hydrogen-bond donors (Lipinski definition) is 0. The van der Waals surface area contributed by atoms with Crippen LogP contribution in [0.15, 0.2) is 42.9 Å². The first-order valence-corrected chi connectivity index (χ1v) is 8.19. The number of hydrogen-bond acceptors (Lipinski definition) is 3. The van der Waals surface area contributed by atoms with Crippen LogP contribution in [0.25, 0.3) is 0 Å². The maximum atomic E-state index is 14.5.